The summed E-state index contributed by atoms with van der Waals surface area (Å²) in [4.78, 5) is 14.4. The third kappa shape index (κ3) is 3.33. The Labute approximate surface area is 122 Å². The predicted molar refractivity (Wildman–Crippen MR) is 84.2 cm³/mol. The summed E-state index contributed by atoms with van der Waals surface area (Å²) in [7, 11) is 0. The van der Waals surface area contributed by atoms with Gasteiger partial charge in [-0.2, -0.15) is 0 Å². The highest BCUT2D eigenvalue weighted by Gasteiger charge is 2.28. The lowest BCUT2D eigenvalue weighted by Crippen LogP contribution is -2.49. The zero-order chi connectivity index (χ0) is 14.7. The van der Waals surface area contributed by atoms with Gasteiger partial charge in [0.25, 0.3) is 0 Å². The van der Waals surface area contributed by atoms with E-state index in [2.05, 4.69) is 45.1 Å². The Balaban J connectivity index is 2.03. The fourth-order valence-corrected chi connectivity index (χ4v) is 2.96. The van der Waals surface area contributed by atoms with Crippen LogP contribution in [-0.4, -0.2) is 23.0 Å². The minimum absolute atomic E-state index is 0.0296. The van der Waals surface area contributed by atoms with E-state index in [4.69, 9.17) is 0 Å². The first-order valence-electron chi connectivity index (χ1n) is 7.68. The molecule has 1 aliphatic rings. The molecule has 0 bridgehead atoms. The maximum atomic E-state index is 12.4. The molecule has 3 heteroatoms. The fourth-order valence-electron chi connectivity index (χ4n) is 2.96. The van der Waals surface area contributed by atoms with E-state index in [1.165, 1.54) is 12.0 Å². The minimum Gasteiger partial charge on any atom is -0.319 e. The lowest BCUT2D eigenvalue weighted by atomic mass is 9.98. The second-order valence-electron chi connectivity index (χ2n) is 6.24. The molecule has 0 aromatic heterocycles. The van der Waals surface area contributed by atoms with Crippen molar-refractivity contribution in [1.29, 1.82) is 0 Å². The molecule has 110 valence electrons. The van der Waals surface area contributed by atoms with Crippen LogP contribution in [0.15, 0.2) is 24.3 Å². The Morgan fingerprint density at radius 3 is 2.20 bits per heavy atom. The molecule has 1 heterocycles. The summed E-state index contributed by atoms with van der Waals surface area (Å²) in [5, 5.41) is 3.03. The fraction of sp³-hybridized carbons (Fsp3) is 0.588. The van der Waals surface area contributed by atoms with Gasteiger partial charge in [0.1, 0.15) is 0 Å². The maximum Gasteiger partial charge on any atom is 0.322 e. The lowest BCUT2D eigenvalue weighted by Gasteiger charge is -2.38. The predicted octanol–water partition coefficient (Wildman–Crippen LogP) is 4.60. The largest absolute Gasteiger partial charge is 0.322 e. The number of carbonyl (C=O) groups is 1. The minimum atomic E-state index is 0.0296. The zero-order valence-electron chi connectivity index (χ0n) is 13.0. The number of hydrogen-bond acceptors (Lipinski definition) is 1. The quantitative estimate of drug-likeness (QED) is 0.839. The standard InChI is InChI=1S/C17H26N2O/c1-12(2)15-8-10-16(11-9-15)18-17(20)19-13(3)6-5-7-14(19)4/h8-14H,5-7H2,1-4H3,(H,18,20)/t13-,14+. The molecule has 0 unspecified atom stereocenters. The van der Waals surface area contributed by atoms with Crippen LogP contribution in [0.4, 0.5) is 10.5 Å². The third-order valence-electron chi connectivity index (χ3n) is 4.26. The molecule has 0 radical (unpaired) electrons. The molecule has 0 aliphatic carbocycles. The smallest absolute Gasteiger partial charge is 0.319 e. The van der Waals surface area contributed by atoms with Crippen molar-refractivity contribution in [2.24, 2.45) is 0 Å². The highest BCUT2D eigenvalue weighted by atomic mass is 16.2. The maximum absolute atomic E-state index is 12.4. The van der Waals surface area contributed by atoms with E-state index in [1.807, 2.05) is 17.0 Å². The van der Waals surface area contributed by atoms with Crippen molar-refractivity contribution in [2.45, 2.75) is 65.0 Å². The molecular formula is C17H26N2O. The van der Waals surface area contributed by atoms with Gasteiger partial charge in [-0.1, -0.05) is 26.0 Å². The Kier molecular flexibility index (Phi) is 4.69. The molecule has 2 atom stereocenters. The molecule has 1 saturated heterocycles. The molecule has 2 amide bonds. The van der Waals surface area contributed by atoms with Gasteiger partial charge in [0, 0.05) is 17.8 Å². The summed E-state index contributed by atoms with van der Waals surface area (Å²) in [5.41, 5.74) is 2.17. The number of hydrogen-bond donors (Lipinski definition) is 1. The van der Waals surface area contributed by atoms with Gasteiger partial charge in [-0.05, 0) is 56.7 Å². The molecule has 20 heavy (non-hydrogen) atoms. The van der Waals surface area contributed by atoms with Crippen molar-refractivity contribution < 1.29 is 4.79 Å². The van der Waals surface area contributed by atoms with Gasteiger partial charge in [-0.15, -0.1) is 0 Å². The van der Waals surface area contributed by atoms with E-state index in [9.17, 15) is 4.79 Å². The number of nitrogens with one attached hydrogen (secondary N) is 1. The first kappa shape index (κ1) is 14.9. The first-order valence-corrected chi connectivity index (χ1v) is 7.68. The van der Waals surface area contributed by atoms with Crippen molar-refractivity contribution in [3.63, 3.8) is 0 Å². The van der Waals surface area contributed by atoms with Crippen LogP contribution in [0.2, 0.25) is 0 Å². The number of likely N-dealkylation sites (tertiary alicyclic amines) is 1. The van der Waals surface area contributed by atoms with Crippen molar-refractivity contribution in [2.75, 3.05) is 5.32 Å². The molecule has 1 aromatic carbocycles. The van der Waals surface area contributed by atoms with Crippen LogP contribution in [-0.2, 0) is 0 Å². The highest BCUT2D eigenvalue weighted by molar-refractivity contribution is 5.89. The summed E-state index contributed by atoms with van der Waals surface area (Å²) < 4.78 is 0. The number of amides is 2. The van der Waals surface area contributed by atoms with Crippen molar-refractivity contribution in [1.82, 2.24) is 4.90 Å². The number of benzene rings is 1. The van der Waals surface area contributed by atoms with E-state index >= 15 is 0 Å². The van der Waals surface area contributed by atoms with Gasteiger partial charge in [-0.25, -0.2) is 4.79 Å². The Morgan fingerprint density at radius 2 is 1.70 bits per heavy atom. The van der Waals surface area contributed by atoms with Gasteiger partial charge in [-0.3, -0.25) is 0 Å². The number of carbonyl (C=O) groups excluding carboxylic acids is 1. The highest BCUT2D eigenvalue weighted by Crippen LogP contribution is 2.24. The van der Waals surface area contributed by atoms with Crippen LogP contribution < -0.4 is 5.32 Å². The molecule has 3 nitrogen and oxygen atoms in total. The monoisotopic (exact) mass is 274 g/mol. The summed E-state index contributed by atoms with van der Waals surface area (Å²) in [6.07, 6.45) is 3.42. The first-order chi connectivity index (χ1) is 9.49. The molecule has 0 saturated carbocycles. The average molecular weight is 274 g/mol. The number of rotatable bonds is 2. The van der Waals surface area contributed by atoms with E-state index in [-0.39, 0.29) is 6.03 Å². The number of urea groups is 1. The number of piperidine rings is 1. The zero-order valence-corrected chi connectivity index (χ0v) is 13.0. The molecular weight excluding hydrogens is 248 g/mol. The van der Waals surface area contributed by atoms with Crippen molar-refractivity contribution in [3.8, 4) is 0 Å². The Hall–Kier alpha value is -1.51. The molecule has 1 aliphatic heterocycles. The van der Waals surface area contributed by atoms with Crippen LogP contribution in [0.3, 0.4) is 0 Å². The average Bonchev–Trinajstić information content (AvgIpc) is 2.39. The van der Waals surface area contributed by atoms with E-state index in [0.29, 0.717) is 18.0 Å². The van der Waals surface area contributed by atoms with Gasteiger partial charge < -0.3 is 10.2 Å². The van der Waals surface area contributed by atoms with Crippen LogP contribution in [0, 0.1) is 0 Å². The summed E-state index contributed by atoms with van der Waals surface area (Å²) >= 11 is 0. The van der Waals surface area contributed by atoms with E-state index in [1.54, 1.807) is 0 Å². The Bertz CT molecular complexity index is 443. The molecule has 0 spiro atoms. The molecule has 1 aromatic rings. The number of nitrogens with zero attached hydrogens (tertiary/aromatic N) is 1. The van der Waals surface area contributed by atoms with Gasteiger partial charge >= 0.3 is 6.03 Å². The van der Waals surface area contributed by atoms with Gasteiger partial charge in [0.15, 0.2) is 0 Å². The second-order valence-corrected chi connectivity index (χ2v) is 6.24. The topological polar surface area (TPSA) is 32.3 Å². The van der Waals surface area contributed by atoms with Gasteiger partial charge in [0.2, 0.25) is 0 Å². The lowest BCUT2D eigenvalue weighted by molar-refractivity contribution is 0.133. The Morgan fingerprint density at radius 1 is 1.15 bits per heavy atom. The summed E-state index contributed by atoms with van der Waals surface area (Å²) in [5.74, 6) is 0.516. The molecule has 1 N–H and O–H groups in total. The van der Waals surface area contributed by atoms with E-state index < -0.39 is 0 Å². The van der Waals surface area contributed by atoms with Crippen molar-refractivity contribution in [3.05, 3.63) is 29.8 Å². The van der Waals surface area contributed by atoms with E-state index in [0.717, 1.165) is 18.5 Å². The van der Waals surface area contributed by atoms with Crippen LogP contribution >= 0.6 is 0 Å². The molecule has 1 fully saturated rings. The van der Waals surface area contributed by atoms with Crippen LogP contribution in [0.1, 0.15) is 58.4 Å². The van der Waals surface area contributed by atoms with Crippen LogP contribution in [0.25, 0.3) is 0 Å². The van der Waals surface area contributed by atoms with Gasteiger partial charge in [0.05, 0.1) is 0 Å². The number of anilines is 1. The SMILES string of the molecule is CC(C)c1ccc(NC(=O)N2[C@H](C)CCC[C@@H]2C)cc1. The third-order valence-corrected chi connectivity index (χ3v) is 4.26. The molecule has 2 rings (SSSR count). The second kappa shape index (κ2) is 6.29. The normalized spacial score (nSPS) is 22.9. The van der Waals surface area contributed by atoms with Crippen molar-refractivity contribution >= 4 is 11.7 Å². The summed E-state index contributed by atoms with van der Waals surface area (Å²) in [6.45, 7) is 8.61. The summed E-state index contributed by atoms with van der Waals surface area (Å²) in [6, 6.07) is 8.84. The van der Waals surface area contributed by atoms with Crippen LogP contribution in [0.5, 0.6) is 0 Å².